The fourth-order valence-electron chi connectivity index (χ4n) is 11.5. The summed E-state index contributed by atoms with van der Waals surface area (Å²) in [5.74, 6) is 1.02. The quantitative estimate of drug-likeness (QED) is 0.167. The highest BCUT2D eigenvalue weighted by Gasteiger charge is 2.40. The van der Waals surface area contributed by atoms with Gasteiger partial charge in [-0.25, -0.2) is 0 Å². The number of hydrogen-bond donors (Lipinski definition) is 0. The Labute approximate surface area is 380 Å². The van der Waals surface area contributed by atoms with E-state index < -0.39 is 0 Å². The van der Waals surface area contributed by atoms with E-state index in [1.54, 1.807) is 5.57 Å². The molecule has 5 aliphatic rings. The van der Waals surface area contributed by atoms with Crippen molar-refractivity contribution in [3.8, 4) is 33.4 Å². The molecule has 0 aromatic heterocycles. The smallest absolute Gasteiger partial charge is 0.0366 e. The summed E-state index contributed by atoms with van der Waals surface area (Å²) in [6.07, 6.45) is 17.4. The third kappa shape index (κ3) is 7.22. The predicted molar refractivity (Wildman–Crippen MR) is 271 cm³/mol. The monoisotopic (exact) mass is 827 g/mol. The van der Waals surface area contributed by atoms with Crippen LogP contribution in [0.3, 0.4) is 0 Å². The molecule has 0 amide bonds. The van der Waals surface area contributed by atoms with Crippen LogP contribution in [0.5, 0.6) is 0 Å². The molecule has 4 aliphatic carbocycles. The zero-order valence-electron chi connectivity index (χ0n) is 37.7. The number of fused-ring (bicyclic) bond motifs is 9. The molecular formula is C63H57N. The van der Waals surface area contributed by atoms with E-state index in [9.17, 15) is 0 Å². The van der Waals surface area contributed by atoms with Crippen molar-refractivity contribution >= 4 is 11.3 Å². The number of rotatable bonds is 5. The van der Waals surface area contributed by atoms with Gasteiger partial charge in [-0.15, -0.1) is 0 Å². The van der Waals surface area contributed by atoms with Gasteiger partial charge in [0.2, 0.25) is 0 Å². The van der Waals surface area contributed by atoms with Crippen LogP contribution in [-0.2, 0) is 11.8 Å². The summed E-state index contributed by atoms with van der Waals surface area (Å²) in [4.78, 5) is 2.60. The second-order valence-electron chi connectivity index (χ2n) is 19.5. The maximum Gasteiger partial charge on any atom is 0.0366 e. The lowest BCUT2D eigenvalue weighted by molar-refractivity contribution is 0.461. The van der Waals surface area contributed by atoms with Gasteiger partial charge in [0.05, 0.1) is 0 Å². The molecule has 0 saturated carbocycles. The van der Waals surface area contributed by atoms with Crippen LogP contribution in [-0.4, -0.2) is 13.1 Å². The fourth-order valence-corrected chi connectivity index (χ4v) is 11.5. The van der Waals surface area contributed by atoms with Crippen molar-refractivity contribution in [2.45, 2.75) is 58.3 Å². The summed E-state index contributed by atoms with van der Waals surface area (Å²) in [6, 6.07) is 60.9. The number of anilines is 1. The standard InChI is InChI=1S/C36H30.C27H27N/c1-23-28-8-4-5-9-30(28)33-22-27(17-19-29(23)33)26-15-12-24(13-16-26)20-25-14-18-32-31-10-6-7-11-34(31)36(2,3)35(32)21-25;1-21-10-12-23(13-11-21)24-16-22-17-25(18-24)27(14-6-3-7-15-27)20-28(19-22)26-8-4-2-5-9-26/h4-19,21-23H,20H2,1-3H3;2-14,16,18,22H,15,17,19-20H2,1H3. The molecule has 2 bridgehead atoms. The Morgan fingerprint density at radius 3 is 2.08 bits per heavy atom. The van der Waals surface area contributed by atoms with Gasteiger partial charge >= 0.3 is 0 Å². The summed E-state index contributed by atoms with van der Waals surface area (Å²) in [5.41, 5.74) is 23.8. The first-order valence-corrected chi connectivity index (χ1v) is 23.4. The van der Waals surface area contributed by atoms with Crippen molar-refractivity contribution in [2.75, 3.05) is 18.0 Å². The topological polar surface area (TPSA) is 3.24 Å². The van der Waals surface area contributed by atoms with Crippen molar-refractivity contribution in [3.63, 3.8) is 0 Å². The highest BCUT2D eigenvalue weighted by atomic mass is 15.1. The molecule has 7 aromatic rings. The predicted octanol–water partition coefficient (Wildman–Crippen LogP) is 15.7. The summed E-state index contributed by atoms with van der Waals surface area (Å²) >= 11 is 0. The number of hydrogen-bond acceptors (Lipinski definition) is 1. The zero-order chi connectivity index (χ0) is 43.4. The molecule has 1 heterocycles. The summed E-state index contributed by atoms with van der Waals surface area (Å²) in [7, 11) is 0. The van der Waals surface area contributed by atoms with Crippen molar-refractivity contribution in [1.29, 1.82) is 0 Å². The molecule has 0 N–H and O–H groups in total. The Morgan fingerprint density at radius 2 is 1.28 bits per heavy atom. The second kappa shape index (κ2) is 16.1. The van der Waals surface area contributed by atoms with Gasteiger partial charge in [-0.2, -0.15) is 0 Å². The highest BCUT2D eigenvalue weighted by Crippen LogP contribution is 2.50. The Kier molecular flexibility index (Phi) is 10.1. The van der Waals surface area contributed by atoms with Crippen molar-refractivity contribution in [3.05, 3.63) is 250 Å². The van der Waals surface area contributed by atoms with Crippen molar-refractivity contribution in [2.24, 2.45) is 11.3 Å². The SMILES string of the molecule is CC1c2ccccc2-c2cc(-c3ccc(Cc4ccc5c(c4)C(C)(C)c4ccccc4-5)cc3)ccc21.Cc1ccc(C2=CC3CC(=C2)C2(C=CC=CC2)CN(c2ccccc2)C3)cc1. The van der Waals surface area contributed by atoms with Crippen molar-refractivity contribution < 1.29 is 0 Å². The molecule has 1 fully saturated rings. The van der Waals surface area contributed by atoms with Gasteiger partial charge in [-0.3, -0.25) is 0 Å². The average molecular weight is 828 g/mol. The van der Waals surface area contributed by atoms with E-state index in [0.717, 1.165) is 32.4 Å². The minimum absolute atomic E-state index is 0.0511. The van der Waals surface area contributed by atoms with E-state index in [1.165, 1.54) is 89.1 Å². The van der Waals surface area contributed by atoms with Crippen LogP contribution < -0.4 is 4.90 Å². The van der Waals surface area contributed by atoms with Gasteiger partial charge in [-0.1, -0.05) is 214 Å². The van der Waals surface area contributed by atoms with Crippen LogP contribution in [0.25, 0.3) is 39.0 Å². The Hall–Kier alpha value is -6.70. The number of para-hydroxylation sites is 1. The summed E-state index contributed by atoms with van der Waals surface area (Å²) in [6.45, 7) is 11.3. The Morgan fingerprint density at radius 1 is 0.594 bits per heavy atom. The third-order valence-corrected chi connectivity index (χ3v) is 15.0. The molecule has 314 valence electrons. The van der Waals surface area contributed by atoms with Crippen molar-refractivity contribution in [1.82, 2.24) is 0 Å². The lowest BCUT2D eigenvalue weighted by atomic mass is 9.70. The molecule has 7 aromatic carbocycles. The minimum atomic E-state index is 0.0511. The normalized spacial score (nSPS) is 20.5. The van der Waals surface area contributed by atoms with Gasteiger partial charge in [-0.05, 0) is 128 Å². The Bertz CT molecular complexity index is 3010. The van der Waals surface area contributed by atoms with Crippen LogP contribution in [0.4, 0.5) is 5.69 Å². The summed E-state index contributed by atoms with van der Waals surface area (Å²) in [5, 5.41) is 0. The van der Waals surface area contributed by atoms with Gasteiger partial charge in [0.1, 0.15) is 0 Å². The fraction of sp³-hybridized carbons (Fsp3) is 0.206. The van der Waals surface area contributed by atoms with E-state index >= 15 is 0 Å². The number of benzene rings is 7. The van der Waals surface area contributed by atoms with Gasteiger partial charge < -0.3 is 4.90 Å². The number of nitrogens with zero attached hydrogens (tertiary/aromatic N) is 1. The third-order valence-electron chi connectivity index (χ3n) is 15.0. The molecule has 3 atom stereocenters. The first-order chi connectivity index (χ1) is 31.2. The van der Waals surface area contributed by atoms with Crippen LogP contribution in [0.15, 0.2) is 206 Å². The maximum absolute atomic E-state index is 2.60. The molecule has 1 nitrogen and oxygen atoms in total. The van der Waals surface area contributed by atoms with Crippen LogP contribution in [0.1, 0.15) is 84.0 Å². The van der Waals surface area contributed by atoms with E-state index in [-0.39, 0.29) is 10.8 Å². The van der Waals surface area contributed by atoms with E-state index in [4.69, 9.17) is 0 Å². The second-order valence-corrected chi connectivity index (χ2v) is 19.5. The zero-order valence-corrected chi connectivity index (χ0v) is 37.7. The van der Waals surface area contributed by atoms with Crippen LogP contribution >= 0.6 is 0 Å². The largest absolute Gasteiger partial charge is 0.370 e. The Balaban J connectivity index is 0.000000147. The maximum atomic E-state index is 2.60. The first-order valence-electron chi connectivity index (χ1n) is 23.4. The molecular weight excluding hydrogens is 771 g/mol. The molecule has 1 saturated heterocycles. The molecule has 64 heavy (non-hydrogen) atoms. The van der Waals surface area contributed by atoms with E-state index in [1.807, 2.05) is 0 Å². The summed E-state index contributed by atoms with van der Waals surface area (Å²) < 4.78 is 0. The van der Waals surface area contributed by atoms with Gasteiger partial charge in [0.15, 0.2) is 0 Å². The van der Waals surface area contributed by atoms with Gasteiger partial charge in [0, 0.05) is 35.5 Å². The highest BCUT2D eigenvalue weighted by molar-refractivity contribution is 5.84. The molecule has 1 spiro atoms. The lowest BCUT2D eigenvalue weighted by Gasteiger charge is -2.37. The van der Waals surface area contributed by atoms with E-state index in [2.05, 4.69) is 233 Å². The minimum Gasteiger partial charge on any atom is -0.370 e. The number of aryl methyl sites for hydroxylation is 1. The van der Waals surface area contributed by atoms with Crippen LogP contribution in [0.2, 0.25) is 0 Å². The average Bonchev–Trinajstić information content (AvgIpc) is 3.71. The molecule has 12 rings (SSSR count). The van der Waals surface area contributed by atoms with Crippen LogP contribution in [0, 0.1) is 18.3 Å². The lowest BCUT2D eigenvalue weighted by Crippen LogP contribution is -2.37. The molecule has 1 aliphatic heterocycles. The number of allylic oxidation sites excluding steroid dienone is 5. The molecule has 0 radical (unpaired) electrons. The van der Waals surface area contributed by atoms with Gasteiger partial charge in [0.25, 0.3) is 0 Å². The first kappa shape index (κ1) is 40.1. The molecule has 1 heteroatoms. The molecule has 3 unspecified atom stereocenters. The van der Waals surface area contributed by atoms with E-state index in [0.29, 0.717) is 11.8 Å².